The molecule has 31 heavy (non-hydrogen) atoms. The Morgan fingerprint density at radius 2 is 1.87 bits per heavy atom. The summed E-state index contributed by atoms with van der Waals surface area (Å²) in [6.07, 6.45) is 2.36. The fraction of sp³-hybridized carbons (Fsp3) is 0.375. The maximum absolute atomic E-state index is 13.5. The second kappa shape index (κ2) is 8.15. The Kier molecular flexibility index (Phi) is 5.19. The molecule has 5 rings (SSSR count). The van der Waals surface area contributed by atoms with Gasteiger partial charge in [-0.2, -0.15) is 0 Å². The smallest absolute Gasteiger partial charge is 0.267 e. The number of ether oxygens (including phenoxy) is 1. The van der Waals surface area contributed by atoms with Gasteiger partial charge in [0.25, 0.3) is 11.5 Å². The molecule has 1 aliphatic carbocycles. The van der Waals surface area contributed by atoms with E-state index in [0.717, 1.165) is 11.3 Å². The van der Waals surface area contributed by atoms with Gasteiger partial charge in [0.15, 0.2) is 0 Å². The maximum Gasteiger partial charge on any atom is 0.267 e. The van der Waals surface area contributed by atoms with Crippen molar-refractivity contribution in [2.45, 2.75) is 19.8 Å². The molecule has 0 atom stereocenters. The van der Waals surface area contributed by atoms with E-state index in [1.165, 1.54) is 12.8 Å². The molecule has 1 saturated heterocycles. The Hall–Kier alpha value is -3.19. The second-order valence-electron chi connectivity index (χ2n) is 8.37. The minimum Gasteiger partial charge on any atom is -0.378 e. The van der Waals surface area contributed by atoms with Crippen LogP contribution in [0, 0.1) is 12.8 Å². The molecule has 1 aliphatic heterocycles. The zero-order chi connectivity index (χ0) is 21.4. The number of hydrogen-bond donors (Lipinski definition) is 1. The predicted molar refractivity (Wildman–Crippen MR) is 120 cm³/mol. The number of anilines is 1. The highest BCUT2D eigenvalue weighted by Crippen LogP contribution is 2.27. The van der Waals surface area contributed by atoms with Crippen molar-refractivity contribution in [1.82, 2.24) is 14.9 Å². The highest BCUT2D eigenvalue weighted by Gasteiger charge is 2.23. The Morgan fingerprint density at radius 3 is 2.58 bits per heavy atom. The van der Waals surface area contributed by atoms with Crippen LogP contribution in [-0.2, 0) is 4.74 Å². The van der Waals surface area contributed by atoms with Crippen LogP contribution in [0.2, 0.25) is 0 Å². The van der Waals surface area contributed by atoms with Gasteiger partial charge in [-0.25, -0.2) is 9.55 Å². The van der Waals surface area contributed by atoms with Crippen LogP contribution in [0.4, 0.5) is 5.95 Å². The summed E-state index contributed by atoms with van der Waals surface area (Å²) in [5.41, 5.74) is 2.83. The first-order chi connectivity index (χ1) is 15.1. The molecule has 2 aromatic carbocycles. The largest absolute Gasteiger partial charge is 0.378 e. The highest BCUT2D eigenvalue weighted by atomic mass is 16.5. The van der Waals surface area contributed by atoms with E-state index in [-0.39, 0.29) is 11.5 Å². The highest BCUT2D eigenvalue weighted by molar-refractivity contribution is 5.97. The summed E-state index contributed by atoms with van der Waals surface area (Å²) in [4.78, 5) is 33.0. The molecule has 2 aliphatic rings. The molecule has 7 nitrogen and oxygen atoms in total. The van der Waals surface area contributed by atoms with E-state index in [1.807, 2.05) is 31.2 Å². The van der Waals surface area contributed by atoms with Gasteiger partial charge in [0.2, 0.25) is 5.95 Å². The maximum atomic E-state index is 13.5. The van der Waals surface area contributed by atoms with E-state index in [2.05, 4.69) is 10.2 Å². The van der Waals surface area contributed by atoms with Gasteiger partial charge in [-0.05, 0) is 56.0 Å². The van der Waals surface area contributed by atoms with Gasteiger partial charge >= 0.3 is 0 Å². The summed E-state index contributed by atoms with van der Waals surface area (Å²) in [7, 11) is 0. The molecule has 2 fully saturated rings. The third-order valence-corrected chi connectivity index (χ3v) is 5.95. The first-order valence-electron chi connectivity index (χ1n) is 10.8. The lowest BCUT2D eigenvalue weighted by atomic mass is 10.1. The van der Waals surface area contributed by atoms with Crippen LogP contribution >= 0.6 is 0 Å². The molecule has 1 N–H and O–H groups in total. The molecule has 1 amide bonds. The molecule has 0 spiro atoms. The lowest BCUT2D eigenvalue weighted by Crippen LogP contribution is -2.40. The monoisotopic (exact) mass is 418 g/mol. The van der Waals surface area contributed by atoms with Crippen LogP contribution in [0.3, 0.4) is 0 Å². The van der Waals surface area contributed by atoms with Crippen molar-refractivity contribution in [3.05, 3.63) is 63.9 Å². The van der Waals surface area contributed by atoms with Gasteiger partial charge in [-0.3, -0.25) is 9.59 Å². The third kappa shape index (κ3) is 4.05. The number of fused-ring (bicyclic) bond motifs is 1. The summed E-state index contributed by atoms with van der Waals surface area (Å²) < 4.78 is 7.16. The summed E-state index contributed by atoms with van der Waals surface area (Å²) in [5.74, 6) is 1.07. The molecule has 7 heteroatoms. The number of hydrogen-bond acceptors (Lipinski definition) is 5. The van der Waals surface area contributed by atoms with Gasteiger partial charge in [0.05, 0.1) is 29.8 Å². The molecule has 0 radical (unpaired) electrons. The van der Waals surface area contributed by atoms with Crippen molar-refractivity contribution in [1.29, 1.82) is 0 Å². The van der Waals surface area contributed by atoms with Crippen molar-refractivity contribution in [3.63, 3.8) is 0 Å². The number of carbonyl (C=O) groups is 1. The SMILES string of the molecule is Cc1ccc(-n2c(N3CCOCC3)nc3cc(C(=O)NCC4CC4)ccc3c2=O)cc1. The van der Waals surface area contributed by atoms with E-state index < -0.39 is 0 Å². The number of aryl methyl sites for hydroxylation is 1. The zero-order valence-electron chi connectivity index (χ0n) is 17.6. The Bertz CT molecular complexity index is 1180. The molecular weight excluding hydrogens is 392 g/mol. The van der Waals surface area contributed by atoms with E-state index in [1.54, 1.807) is 22.8 Å². The van der Waals surface area contributed by atoms with Crippen molar-refractivity contribution < 1.29 is 9.53 Å². The first kappa shape index (κ1) is 19.8. The number of nitrogens with zero attached hydrogens (tertiary/aromatic N) is 3. The van der Waals surface area contributed by atoms with Gasteiger partial charge in [0.1, 0.15) is 0 Å². The third-order valence-electron chi connectivity index (χ3n) is 5.95. The number of amides is 1. The number of rotatable bonds is 5. The quantitative estimate of drug-likeness (QED) is 0.689. The fourth-order valence-corrected chi connectivity index (χ4v) is 3.88. The summed E-state index contributed by atoms with van der Waals surface area (Å²) in [5, 5.41) is 3.48. The predicted octanol–water partition coefficient (Wildman–Crippen LogP) is 2.67. The van der Waals surface area contributed by atoms with Gasteiger partial charge in [-0.15, -0.1) is 0 Å². The average Bonchev–Trinajstić information content (AvgIpc) is 3.63. The van der Waals surface area contributed by atoms with E-state index >= 15 is 0 Å². The number of benzene rings is 2. The first-order valence-corrected chi connectivity index (χ1v) is 10.8. The Labute approximate surface area is 180 Å². The summed E-state index contributed by atoms with van der Waals surface area (Å²) >= 11 is 0. The zero-order valence-corrected chi connectivity index (χ0v) is 17.6. The minimum absolute atomic E-state index is 0.119. The van der Waals surface area contributed by atoms with Crippen LogP contribution < -0.4 is 15.8 Å². The molecular formula is C24H26N4O3. The minimum atomic E-state index is -0.139. The molecule has 1 saturated carbocycles. The molecule has 160 valence electrons. The number of nitrogens with one attached hydrogen (secondary N) is 1. The normalized spacial score (nSPS) is 16.5. The van der Waals surface area contributed by atoms with Crippen molar-refractivity contribution in [2.24, 2.45) is 5.92 Å². The molecule has 0 bridgehead atoms. The fourth-order valence-electron chi connectivity index (χ4n) is 3.88. The second-order valence-corrected chi connectivity index (χ2v) is 8.37. The summed E-state index contributed by atoms with van der Waals surface area (Å²) in [6, 6.07) is 13.0. The average molecular weight is 418 g/mol. The van der Waals surface area contributed by atoms with Gasteiger partial charge in [-0.1, -0.05) is 17.7 Å². The lowest BCUT2D eigenvalue weighted by Gasteiger charge is -2.30. The standard InChI is InChI=1S/C24H26N4O3/c1-16-2-7-19(8-3-16)28-23(30)20-9-6-18(22(29)25-15-17-4-5-17)14-21(20)26-24(28)27-10-12-31-13-11-27/h2-3,6-9,14,17H,4-5,10-13,15H2,1H3,(H,25,29). The van der Waals surface area contributed by atoms with Crippen LogP contribution in [0.25, 0.3) is 16.6 Å². The van der Waals surface area contributed by atoms with E-state index in [4.69, 9.17) is 9.72 Å². The molecule has 2 heterocycles. The Balaban J connectivity index is 1.61. The summed E-state index contributed by atoms with van der Waals surface area (Å²) in [6.45, 7) is 5.22. The van der Waals surface area contributed by atoms with Crippen LogP contribution in [0.15, 0.2) is 47.3 Å². The molecule has 3 aromatic rings. The molecule has 1 aromatic heterocycles. The van der Waals surface area contributed by atoms with Gasteiger partial charge < -0.3 is 15.0 Å². The van der Waals surface area contributed by atoms with E-state index in [9.17, 15) is 9.59 Å². The van der Waals surface area contributed by atoms with Gasteiger partial charge in [0, 0.05) is 25.2 Å². The van der Waals surface area contributed by atoms with Crippen LogP contribution in [0.1, 0.15) is 28.8 Å². The van der Waals surface area contributed by atoms with Crippen molar-refractivity contribution in [2.75, 3.05) is 37.7 Å². The number of aromatic nitrogens is 2. The Morgan fingerprint density at radius 1 is 1.13 bits per heavy atom. The lowest BCUT2D eigenvalue weighted by molar-refractivity contribution is 0.0952. The van der Waals surface area contributed by atoms with E-state index in [0.29, 0.717) is 61.2 Å². The number of carbonyl (C=O) groups excluding carboxylic acids is 1. The van der Waals surface area contributed by atoms with Crippen molar-refractivity contribution >= 4 is 22.8 Å². The molecule has 0 unspecified atom stereocenters. The topological polar surface area (TPSA) is 76.5 Å². The van der Waals surface area contributed by atoms with Crippen LogP contribution in [-0.4, -0.2) is 48.3 Å². The van der Waals surface area contributed by atoms with Crippen LogP contribution in [0.5, 0.6) is 0 Å². The number of morpholine rings is 1. The van der Waals surface area contributed by atoms with Crippen molar-refractivity contribution in [3.8, 4) is 5.69 Å².